The van der Waals surface area contributed by atoms with E-state index in [0.717, 1.165) is 0 Å². The third kappa shape index (κ3) is 3.04. The van der Waals surface area contributed by atoms with Crippen LogP contribution < -0.4 is 10.9 Å². The van der Waals surface area contributed by atoms with Gasteiger partial charge in [-0.3, -0.25) is 4.79 Å². The highest BCUT2D eigenvalue weighted by Crippen LogP contribution is 2.21. The molecule has 0 saturated carbocycles. The molecule has 0 saturated heterocycles. The minimum Gasteiger partial charge on any atom is -0.390 e. The second-order valence-corrected chi connectivity index (χ2v) is 4.83. The molecule has 1 aromatic heterocycles. The lowest BCUT2D eigenvalue weighted by molar-refractivity contribution is 0.0141. The Morgan fingerprint density at radius 1 is 1.40 bits per heavy atom. The Morgan fingerprint density at radius 3 is 2.85 bits per heavy atom. The van der Waals surface area contributed by atoms with Crippen LogP contribution in [0.1, 0.15) is 23.9 Å². The van der Waals surface area contributed by atoms with Crippen molar-refractivity contribution in [2.45, 2.75) is 25.6 Å². The van der Waals surface area contributed by atoms with Gasteiger partial charge in [-0.1, -0.05) is 6.07 Å². The number of aromatic amines is 1. The van der Waals surface area contributed by atoms with Gasteiger partial charge in [0.05, 0.1) is 17.0 Å². The number of fused-ring (bicyclic) bond motifs is 1. The van der Waals surface area contributed by atoms with E-state index >= 15 is 0 Å². The van der Waals surface area contributed by atoms with Crippen molar-refractivity contribution in [3.63, 3.8) is 0 Å². The lowest BCUT2D eigenvalue weighted by Crippen LogP contribution is -2.23. The molecular formula is C14H19N3O3. The Morgan fingerprint density at radius 2 is 2.15 bits per heavy atom. The Bertz CT molecular complexity index is 654. The van der Waals surface area contributed by atoms with Crippen LogP contribution in [0, 0.1) is 6.92 Å². The fraction of sp³-hybridized carbons (Fsp3) is 0.429. The summed E-state index contributed by atoms with van der Waals surface area (Å²) >= 11 is 0. The summed E-state index contributed by atoms with van der Waals surface area (Å²) in [4.78, 5) is 18.7. The van der Waals surface area contributed by atoms with E-state index in [1.165, 1.54) is 0 Å². The molecule has 1 heterocycles. The van der Waals surface area contributed by atoms with E-state index < -0.39 is 12.2 Å². The fourth-order valence-corrected chi connectivity index (χ4v) is 2.13. The second-order valence-electron chi connectivity index (χ2n) is 4.83. The minimum atomic E-state index is -1.02. The number of H-pyrrole nitrogens is 1. The van der Waals surface area contributed by atoms with Crippen LogP contribution in [0.3, 0.4) is 0 Å². The highest BCUT2D eigenvalue weighted by molar-refractivity contribution is 5.78. The van der Waals surface area contributed by atoms with Gasteiger partial charge in [0.1, 0.15) is 11.9 Å². The predicted octanol–water partition coefficient (Wildman–Crippen LogP) is 0.235. The van der Waals surface area contributed by atoms with E-state index in [2.05, 4.69) is 15.3 Å². The molecule has 108 valence electrons. The van der Waals surface area contributed by atoms with Crippen LogP contribution in [0.2, 0.25) is 0 Å². The third-order valence-corrected chi connectivity index (χ3v) is 3.24. The number of aliphatic hydroxyl groups is 2. The van der Waals surface area contributed by atoms with E-state index in [9.17, 15) is 15.0 Å². The van der Waals surface area contributed by atoms with Gasteiger partial charge >= 0.3 is 0 Å². The molecule has 1 aromatic carbocycles. The second kappa shape index (κ2) is 6.13. The van der Waals surface area contributed by atoms with Gasteiger partial charge in [-0.2, -0.15) is 0 Å². The van der Waals surface area contributed by atoms with Gasteiger partial charge in [0.2, 0.25) is 0 Å². The van der Waals surface area contributed by atoms with E-state index in [-0.39, 0.29) is 5.56 Å². The smallest absolute Gasteiger partial charge is 0.258 e. The zero-order valence-electron chi connectivity index (χ0n) is 11.6. The molecule has 2 atom stereocenters. The molecule has 0 bridgehead atoms. The SMILES string of the molecule is CNCCC(O)C(O)c1ccc2nc(C)[nH]c(=O)c2c1. The Labute approximate surface area is 116 Å². The van der Waals surface area contributed by atoms with Gasteiger partial charge in [0.15, 0.2) is 0 Å². The summed E-state index contributed by atoms with van der Waals surface area (Å²) < 4.78 is 0. The van der Waals surface area contributed by atoms with Crippen molar-refractivity contribution in [1.29, 1.82) is 0 Å². The van der Waals surface area contributed by atoms with Gasteiger partial charge in [-0.05, 0) is 44.6 Å². The van der Waals surface area contributed by atoms with Crippen molar-refractivity contribution in [2.24, 2.45) is 0 Å². The molecule has 0 amide bonds. The van der Waals surface area contributed by atoms with Crippen molar-refractivity contribution in [3.05, 3.63) is 39.9 Å². The lowest BCUT2D eigenvalue weighted by Gasteiger charge is -2.18. The van der Waals surface area contributed by atoms with Crippen LogP contribution >= 0.6 is 0 Å². The molecule has 0 aliphatic heterocycles. The maximum atomic E-state index is 11.9. The maximum Gasteiger partial charge on any atom is 0.258 e. The van der Waals surface area contributed by atoms with Crippen LogP contribution in [0.25, 0.3) is 10.9 Å². The summed E-state index contributed by atoms with van der Waals surface area (Å²) in [6, 6.07) is 4.94. The molecule has 0 aliphatic carbocycles. The van der Waals surface area contributed by atoms with Gasteiger partial charge in [0, 0.05) is 0 Å². The van der Waals surface area contributed by atoms with E-state index in [1.54, 1.807) is 32.2 Å². The number of nitrogens with one attached hydrogen (secondary N) is 2. The number of aryl methyl sites for hydroxylation is 1. The van der Waals surface area contributed by atoms with Crippen LogP contribution in [-0.2, 0) is 0 Å². The highest BCUT2D eigenvalue weighted by Gasteiger charge is 2.18. The average Bonchev–Trinajstić information content (AvgIpc) is 2.43. The van der Waals surface area contributed by atoms with E-state index in [1.807, 2.05) is 0 Å². The van der Waals surface area contributed by atoms with E-state index in [0.29, 0.717) is 35.3 Å². The monoisotopic (exact) mass is 277 g/mol. The van der Waals surface area contributed by atoms with Crippen molar-refractivity contribution >= 4 is 10.9 Å². The minimum absolute atomic E-state index is 0.244. The van der Waals surface area contributed by atoms with Crippen molar-refractivity contribution < 1.29 is 10.2 Å². The summed E-state index contributed by atoms with van der Waals surface area (Å²) in [5.41, 5.74) is 0.843. The summed E-state index contributed by atoms with van der Waals surface area (Å²) in [6.45, 7) is 2.32. The van der Waals surface area contributed by atoms with Crippen molar-refractivity contribution in [2.75, 3.05) is 13.6 Å². The lowest BCUT2D eigenvalue weighted by atomic mass is 10.0. The Kier molecular flexibility index (Phi) is 4.49. The predicted molar refractivity (Wildman–Crippen MR) is 76.6 cm³/mol. The van der Waals surface area contributed by atoms with Gasteiger partial charge in [0.25, 0.3) is 5.56 Å². The molecule has 2 aromatic rings. The first-order valence-electron chi connectivity index (χ1n) is 6.54. The number of aliphatic hydroxyl groups excluding tert-OH is 2. The van der Waals surface area contributed by atoms with E-state index in [4.69, 9.17) is 0 Å². The molecule has 0 aliphatic rings. The molecule has 6 heteroatoms. The van der Waals surface area contributed by atoms with Crippen molar-refractivity contribution in [1.82, 2.24) is 15.3 Å². The number of hydrogen-bond acceptors (Lipinski definition) is 5. The number of benzene rings is 1. The largest absolute Gasteiger partial charge is 0.390 e. The molecule has 6 nitrogen and oxygen atoms in total. The molecule has 20 heavy (non-hydrogen) atoms. The fourth-order valence-electron chi connectivity index (χ4n) is 2.13. The highest BCUT2D eigenvalue weighted by atomic mass is 16.3. The maximum absolute atomic E-state index is 11.9. The zero-order valence-corrected chi connectivity index (χ0v) is 11.6. The van der Waals surface area contributed by atoms with Crippen LogP contribution in [0.4, 0.5) is 0 Å². The Balaban J connectivity index is 2.34. The van der Waals surface area contributed by atoms with Crippen LogP contribution in [0.5, 0.6) is 0 Å². The third-order valence-electron chi connectivity index (χ3n) is 3.24. The number of aromatic nitrogens is 2. The quantitative estimate of drug-likeness (QED) is 0.627. The zero-order chi connectivity index (χ0) is 14.7. The molecule has 0 fully saturated rings. The number of rotatable bonds is 5. The first-order chi connectivity index (χ1) is 9.52. The molecule has 0 radical (unpaired) electrons. The molecule has 4 N–H and O–H groups in total. The molecule has 2 rings (SSSR count). The van der Waals surface area contributed by atoms with Crippen LogP contribution in [0.15, 0.2) is 23.0 Å². The standard InChI is InChI=1S/C14H19N3O3/c1-8-16-11-4-3-9(7-10(11)14(20)17-8)13(19)12(18)5-6-15-2/h3-4,7,12-13,15,18-19H,5-6H2,1-2H3,(H,16,17,20). The molecule has 2 unspecified atom stereocenters. The Hall–Kier alpha value is -1.76. The summed E-state index contributed by atoms with van der Waals surface area (Å²) in [7, 11) is 1.78. The molecular weight excluding hydrogens is 258 g/mol. The first kappa shape index (κ1) is 14.6. The molecule has 0 spiro atoms. The van der Waals surface area contributed by atoms with Gasteiger partial charge in [-0.25, -0.2) is 4.98 Å². The summed E-state index contributed by atoms with van der Waals surface area (Å²) in [5.74, 6) is 0.546. The van der Waals surface area contributed by atoms with Crippen LogP contribution in [-0.4, -0.2) is 39.9 Å². The van der Waals surface area contributed by atoms with Gasteiger partial charge in [-0.15, -0.1) is 0 Å². The van der Waals surface area contributed by atoms with Crippen molar-refractivity contribution in [3.8, 4) is 0 Å². The normalized spacial score (nSPS) is 14.4. The topological polar surface area (TPSA) is 98.2 Å². The number of hydrogen-bond donors (Lipinski definition) is 4. The number of nitrogens with zero attached hydrogens (tertiary/aromatic N) is 1. The first-order valence-corrected chi connectivity index (χ1v) is 6.54. The summed E-state index contributed by atoms with van der Waals surface area (Å²) in [6.07, 6.45) is -1.47. The summed E-state index contributed by atoms with van der Waals surface area (Å²) in [5, 5.41) is 23.3. The average molecular weight is 277 g/mol. The van der Waals surface area contributed by atoms with Gasteiger partial charge < -0.3 is 20.5 Å².